The van der Waals surface area contributed by atoms with Crippen LogP contribution in [0, 0.1) is 0 Å². The Hall–Kier alpha value is -1.14. The number of hydrogen-bond donors (Lipinski definition) is 0. The number of methoxy groups -OCH3 is 2. The number of hydrogen-bond acceptors (Lipinski definition) is 4. The molecule has 0 saturated carbocycles. The summed E-state index contributed by atoms with van der Waals surface area (Å²) >= 11 is 7.84. The van der Waals surface area contributed by atoms with E-state index in [1.54, 1.807) is 19.1 Å². The molecule has 0 aliphatic carbocycles. The Morgan fingerprint density at radius 1 is 1.18 bits per heavy atom. The molecule has 0 atom stereocenters. The number of nitrogens with zero attached hydrogens (tertiary/aromatic N) is 1. The smallest absolute Gasteiger partial charge is 0.265 e. The van der Waals surface area contributed by atoms with Crippen LogP contribution in [0.3, 0.4) is 0 Å². The summed E-state index contributed by atoms with van der Waals surface area (Å²) in [5.41, 5.74) is 0. The van der Waals surface area contributed by atoms with E-state index in [0.717, 1.165) is 16.5 Å². The molecule has 22 heavy (non-hydrogen) atoms. The molecule has 0 spiro atoms. The summed E-state index contributed by atoms with van der Waals surface area (Å²) in [4.78, 5) is 15.2. The Labute approximate surface area is 139 Å². The average molecular weight is 342 g/mol. The lowest BCUT2D eigenvalue weighted by molar-refractivity contribution is 0.0679. The van der Waals surface area contributed by atoms with Gasteiger partial charge in [0.05, 0.1) is 11.6 Å². The number of ether oxygens (including phenoxy) is 2. The Kier molecular flexibility index (Phi) is 6.64. The quantitative estimate of drug-likeness (QED) is 0.687. The number of rotatable bonds is 8. The first-order valence-corrected chi connectivity index (χ1v) is 8.32. The molecule has 0 fully saturated rings. The van der Waals surface area contributed by atoms with Gasteiger partial charge >= 0.3 is 0 Å². The second kappa shape index (κ2) is 8.48. The molecule has 0 aliphatic rings. The predicted octanol–water partition coefficient (Wildman–Crippen LogP) is 3.68. The lowest BCUT2D eigenvalue weighted by Crippen LogP contribution is -2.35. The van der Waals surface area contributed by atoms with E-state index in [0.29, 0.717) is 36.2 Å². The first-order valence-electron chi connectivity index (χ1n) is 7.13. The third kappa shape index (κ3) is 3.98. The van der Waals surface area contributed by atoms with Gasteiger partial charge in [-0.2, -0.15) is 0 Å². The van der Waals surface area contributed by atoms with Crippen LogP contribution in [0.4, 0.5) is 0 Å². The topological polar surface area (TPSA) is 38.8 Å². The molecule has 6 heteroatoms. The van der Waals surface area contributed by atoms with E-state index >= 15 is 0 Å². The van der Waals surface area contributed by atoms with E-state index in [1.165, 1.54) is 11.3 Å². The predicted molar refractivity (Wildman–Crippen MR) is 91.1 cm³/mol. The monoisotopic (exact) mass is 341 g/mol. The van der Waals surface area contributed by atoms with E-state index in [2.05, 4.69) is 0 Å². The number of benzene rings is 1. The van der Waals surface area contributed by atoms with Crippen LogP contribution in [0.2, 0.25) is 5.02 Å². The van der Waals surface area contributed by atoms with Gasteiger partial charge in [-0.3, -0.25) is 4.79 Å². The Bertz CT molecular complexity index is 629. The van der Waals surface area contributed by atoms with Gasteiger partial charge in [0.15, 0.2) is 0 Å². The highest BCUT2D eigenvalue weighted by Crippen LogP contribution is 2.35. The fraction of sp³-hybridized carbons (Fsp3) is 0.438. The molecule has 1 aromatic heterocycles. The van der Waals surface area contributed by atoms with Crippen molar-refractivity contribution in [3.8, 4) is 0 Å². The molecule has 0 aliphatic heterocycles. The maximum Gasteiger partial charge on any atom is 0.265 e. The number of halogens is 1. The van der Waals surface area contributed by atoms with E-state index in [4.69, 9.17) is 21.1 Å². The molecule has 4 nitrogen and oxygen atoms in total. The summed E-state index contributed by atoms with van der Waals surface area (Å²) in [5, 5.41) is 1.47. The molecule has 2 rings (SSSR count). The zero-order valence-corrected chi connectivity index (χ0v) is 14.4. The number of carbonyl (C=O) groups is 1. The maximum atomic E-state index is 12.8. The highest BCUT2D eigenvalue weighted by molar-refractivity contribution is 7.21. The van der Waals surface area contributed by atoms with Gasteiger partial charge in [-0.15, -0.1) is 11.3 Å². The second-order valence-corrected chi connectivity index (χ2v) is 6.30. The molecule has 1 amide bonds. The Morgan fingerprint density at radius 3 is 2.59 bits per heavy atom. The molecule has 0 bridgehead atoms. The molecule has 0 radical (unpaired) electrons. The van der Waals surface area contributed by atoms with Crippen molar-refractivity contribution in [2.24, 2.45) is 0 Å². The van der Waals surface area contributed by atoms with Crippen LogP contribution >= 0.6 is 22.9 Å². The van der Waals surface area contributed by atoms with Gasteiger partial charge in [0.1, 0.15) is 4.88 Å². The third-order valence-electron chi connectivity index (χ3n) is 3.36. The summed E-state index contributed by atoms with van der Waals surface area (Å²) < 4.78 is 11.2. The molecule has 1 aromatic carbocycles. The summed E-state index contributed by atoms with van der Waals surface area (Å²) in [6.45, 7) is 2.29. The van der Waals surface area contributed by atoms with E-state index in [-0.39, 0.29) is 5.91 Å². The van der Waals surface area contributed by atoms with Crippen LogP contribution < -0.4 is 0 Å². The summed E-state index contributed by atoms with van der Waals surface area (Å²) in [5.74, 6) is -0.0423. The van der Waals surface area contributed by atoms with Crippen molar-refractivity contribution < 1.29 is 14.3 Å². The fourth-order valence-electron chi connectivity index (χ4n) is 2.21. The minimum absolute atomic E-state index is 0.0423. The van der Waals surface area contributed by atoms with Gasteiger partial charge in [0.2, 0.25) is 0 Å². The van der Waals surface area contributed by atoms with Gasteiger partial charge in [-0.1, -0.05) is 29.8 Å². The normalized spacial score (nSPS) is 11.0. The van der Waals surface area contributed by atoms with Crippen LogP contribution in [-0.2, 0) is 9.47 Å². The second-order valence-electron chi connectivity index (χ2n) is 4.87. The molecule has 0 saturated heterocycles. The standard InChI is InChI=1S/C16H20ClNO3S/c1-20-10-5-8-18(9-11-21-2)16(19)15-14(17)12-6-3-4-7-13(12)22-15/h3-4,6-7H,5,8-11H2,1-2H3. The molecular weight excluding hydrogens is 322 g/mol. The molecule has 2 aromatic rings. The lowest BCUT2D eigenvalue weighted by Gasteiger charge is -2.21. The molecule has 120 valence electrons. The summed E-state index contributed by atoms with van der Waals surface area (Å²) in [6.07, 6.45) is 0.786. The third-order valence-corrected chi connectivity index (χ3v) is 5.02. The number of amides is 1. The Morgan fingerprint density at radius 2 is 1.91 bits per heavy atom. The number of fused-ring (bicyclic) bond motifs is 1. The van der Waals surface area contributed by atoms with Crippen LogP contribution in [0.5, 0.6) is 0 Å². The molecule has 1 heterocycles. The first kappa shape index (κ1) is 17.2. The van der Waals surface area contributed by atoms with Crippen LogP contribution in [-0.4, -0.2) is 51.3 Å². The lowest BCUT2D eigenvalue weighted by atomic mass is 10.2. The van der Waals surface area contributed by atoms with Crippen molar-refractivity contribution in [1.82, 2.24) is 4.90 Å². The average Bonchev–Trinajstić information content (AvgIpc) is 2.87. The van der Waals surface area contributed by atoms with Crippen molar-refractivity contribution in [2.75, 3.05) is 40.5 Å². The number of thiophene rings is 1. The molecule has 0 unspecified atom stereocenters. The van der Waals surface area contributed by atoms with E-state index < -0.39 is 0 Å². The fourth-order valence-corrected chi connectivity index (χ4v) is 3.69. The SMILES string of the molecule is COCCCN(CCOC)C(=O)c1sc2ccccc2c1Cl. The first-order chi connectivity index (χ1) is 10.7. The van der Waals surface area contributed by atoms with E-state index in [9.17, 15) is 4.79 Å². The number of carbonyl (C=O) groups excluding carboxylic acids is 1. The highest BCUT2D eigenvalue weighted by Gasteiger charge is 2.22. The minimum atomic E-state index is -0.0423. The van der Waals surface area contributed by atoms with Gasteiger partial charge in [0, 0.05) is 44.0 Å². The zero-order chi connectivity index (χ0) is 15.9. The molecular formula is C16H20ClNO3S. The van der Waals surface area contributed by atoms with Crippen molar-refractivity contribution in [3.05, 3.63) is 34.2 Å². The van der Waals surface area contributed by atoms with E-state index in [1.807, 2.05) is 24.3 Å². The van der Waals surface area contributed by atoms with Gasteiger partial charge < -0.3 is 14.4 Å². The zero-order valence-electron chi connectivity index (χ0n) is 12.8. The van der Waals surface area contributed by atoms with Crippen molar-refractivity contribution in [2.45, 2.75) is 6.42 Å². The van der Waals surface area contributed by atoms with Crippen LogP contribution in [0.15, 0.2) is 24.3 Å². The maximum absolute atomic E-state index is 12.8. The minimum Gasteiger partial charge on any atom is -0.385 e. The van der Waals surface area contributed by atoms with Crippen LogP contribution in [0.1, 0.15) is 16.1 Å². The van der Waals surface area contributed by atoms with Crippen molar-refractivity contribution in [3.63, 3.8) is 0 Å². The van der Waals surface area contributed by atoms with Crippen molar-refractivity contribution in [1.29, 1.82) is 0 Å². The largest absolute Gasteiger partial charge is 0.385 e. The van der Waals surface area contributed by atoms with Crippen LogP contribution in [0.25, 0.3) is 10.1 Å². The van der Waals surface area contributed by atoms with Gasteiger partial charge in [0.25, 0.3) is 5.91 Å². The van der Waals surface area contributed by atoms with Crippen molar-refractivity contribution >= 4 is 38.9 Å². The van der Waals surface area contributed by atoms with Gasteiger partial charge in [-0.25, -0.2) is 0 Å². The summed E-state index contributed by atoms with van der Waals surface area (Å²) in [6, 6.07) is 7.80. The molecule has 0 N–H and O–H groups in total. The van der Waals surface area contributed by atoms with Gasteiger partial charge in [-0.05, 0) is 12.5 Å². The Balaban J connectivity index is 2.21. The highest BCUT2D eigenvalue weighted by atomic mass is 35.5. The summed E-state index contributed by atoms with van der Waals surface area (Å²) in [7, 11) is 3.29.